The lowest BCUT2D eigenvalue weighted by Crippen LogP contribution is -2.52. The van der Waals surface area contributed by atoms with Crippen molar-refractivity contribution in [1.82, 2.24) is 15.5 Å². The molecular formula is C14H27N3O. The number of amides is 1. The predicted octanol–water partition coefficient (Wildman–Crippen LogP) is 1.12. The number of rotatable bonds is 5. The molecule has 2 fully saturated rings. The third-order valence-corrected chi connectivity index (χ3v) is 4.15. The second-order valence-electron chi connectivity index (χ2n) is 6.01. The van der Waals surface area contributed by atoms with Crippen molar-refractivity contribution in [3.63, 3.8) is 0 Å². The fourth-order valence-electron chi connectivity index (χ4n) is 3.52. The van der Waals surface area contributed by atoms with E-state index in [-0.39, 0.29) is 11.9 Å². The highest BCUT2D eigenvalue weighted by molar-refractivity contribution is 5.78. The van der Waals surface area contributed by atoms with E-state index in [1.54, 1.807) is 0 Å². The summed E-state index contributed by atoms with van der Waals surface area (Å²) in [6.45, 7) is 7.85. The molecule has 2 saturated heterocycles. The summed E-state index contributed by atoms with van der Waals surface area (Å²) in [5.74, 6) is 0.184. The van der Waals surface area contributed by atoms with Gasteiger partial charge >= 0.3 is 0 Å². The van der Waals surface area contributed by atoms with Gasteiger partial charge in [-0.3, -0.25) is 9.69 Å². The van der Waals surface area contributed by atoms with Crippen molar-refractivity contribution in [3.8, 4) is 0 Å². The molecule has 104 valence electrons. The van der Waals surface area contributed by atoms with E-state index in [0.717, 1.165) is 6.54 Å². The third kappa shape index (κ3) is 3.23. The summed E-state index contributed by atoms with van der Waals surface area (Å²) < 4.78 is 0. The zero-order valence-electron chi connectivity index (χ0n) is 11.9. The maximum Gasteiger partial charge on any atom is 0.234 e. The summed E-state index contributed by atoms with van der Waals surface area (Å²) in [5, 5.41) is 6.56. The lowest BCUT2D eigenvalue weighted by atomic mass is 9.97. The van der Waals surface area contributed by atoms with Gasteiger partial charge in [0.1, 0.15) is 0 Å². The Kier molecular flexibility index (Phi) is 4.62. The molecule has 2 unspecified atom stereocenters. The smallest absolute Gasteiger partial charge is 0.234 e. The molecule has 0 saturated carbocycles. The number of carbonyl (C=O) groups is 1. The van der Waals surface area contributed by atoms with Gasteiger partial charge in [0, 0.05) is 24.2 Å². The molecule has 18 heavy (non-hydrogen) atoms. The third-order valence-electron chi connectivity index (χ3n) is 4.15. The number of nitrogens with zero attached hydrogens (tertiary/aromatic N) is 1. The van der Waals surface area contributed by atoms with E-state index in [9.17, 15) is 4.79 Å². The topological polar surface area (TPSA) is 44.4 Å². The van der Waals surface area contributed by atoms with E-state index in [2.05, 4.69) is 22.5 Å². The fourth-order valence-corrected chi connectivity index (χ4v) is 3.52. The van der Waals surface area contributed by atoms with Crippen molar-refractivity contribution < 1.29 is 4.79 Å². The Hall–Kier alpha value is -0.610. The van der Waals surface area contributed by atoms with Crippen molar-refractivity contribution >= 4 is 5.91 Å². The normalized spacial score (nSPS) is 31.9. The Bertz CT molecular complexity index is 279. The molecule has 4 heteroatoms. The van der Waals surface area contributed by atoms with E-state index >= 15 is 0 Å². The van der Waals surface area contributed by atoms with Gasteiger partial charge in [0.05, 0.1) is 6.54 Å². The predicted molar refractivity (Wildman–Crippen MR) is 73.5 cm³/mol. The van der Waals surface area contributed by atoms with Crippen molar-refractivity contribution in [1.29, 1.82) is 0 Å². The zero-order valence-corrected chi connectivity index (χ0v) is 11.9. The van der Waals surface area contributed by atoms with Gasteiger partial charge in [-0.1, -0.05) is 6.92 Å². The first-order valence-corrected chi connectivity index (χ1v) is 7.38. The maximum absolute atomic E-state index is 11.9. The van der Waals surface area contributed by atoms with Gasteiger partial charge in [-0.2, -0.15) is 0 Å². The van der Waals surface area contributed by atoms with Gasteiger partial charge in [-0.25, -0.2) is 0 Å². The molecule has 2 atom stereocenters. The monoisotopic (exact) mass is 253 g/mol. The number of piperidine rings is 1. The Balaban J connectivity index is 1.86. The highest BCUT2D eigenvalue weighted by Gasteiger charge is 2.40. The van der Waals surface area contributed by atoms with Gasteiger partial charge in [-0.15, -0.1) is 0 Å². The van der Waals surface area contributed by atoms with E-state index in [1.165, 1.54) is 25.7 Å². The Labute approximate surface area is 110 Å². The molecule has 2 rings (SSSR count). The molecule has 0 radical (unpaired) electrons. The highest BCUT2D eigenvalue weighted by Crippen LogP contribution is 2.35. The molecular weight excluding hydrogens is 226 g/mol. The molecule has 2 bridgehead atoms. The van der Waals surface area contributed by atoms with Crippen LogP contribution in [-0.2, 0) is 4.79 Å². The second-order valence-corrected chi connectivity index (χ2v) is 6.01. The second kappa shape index (κ2) is 6.02. The zero-order chi connectivity index (χ0) is 13.1. The number of hydrogen-bond donors (Lipinski definition) is 2. The van der Waals surface area contributed by atoms with Crippen molar-refractivity contribution in [3.05, 3.63) is 0 Å². The lowest BCUT2D eigenvalue weighted by Gasteiger charge is -2.38. The lowest BCUT2D eigenvalue weighted by molar-refractivity contribution is -0.124. The minimum absolute atomic E-state index is 0.184. The van der Waals surface area contributed by atoms with E-state index in [0.29, 0.717) is 24.7 Å². The molecule has 2 aliphatic rings. The van der Waals surface area contributed by atoms with E-state index in [1.807, 2.05) is 13.8 Å². The van der Waals surface area contributed by atoms with Crippen molar-refractivity contribution in [2.75, 3.05) is 13.1 Å². The van der Waals surface area contributed by atoms with Gasteiger partial charge in [0.2, 0.25) is 5.91 Å². The van der Waals surface area contributed by atoms with Crippen LogP contribution in [0.4, 0.5) is 0 Å². The average molecular weight is 253 g/mol. The van der Waals surface area contributed by atoms with Crippen LogP contribution in [0, 0.1) is 0 Å². The summed E-state index contributed by atoms with van der Waals surface area (Å²) in [5.41, 5.74) is 0. The van der Waals surface area contributed by atoms with Crippen molar-refractivity contribution in [2.24, 2.45) is 0 Å². The maximum atomic E-state index is 11.9. The first kappa shape index (κ1) is 13.8. The number of nitrogens with one attached hydrogen (secondary N) is 2. The number of fused-ring (bicyclic) bond motifs is 2. The van der Waals surface area contributed by atoms with Crippen LogP contribution in [0.2, 0.25) is 0 Å². The molecule has 1 amide bonds. The van der Waals surface area contributed by atoms with Crippen LogP contribution in [0.3, 0.4) is 0 Å². The van der Waals surface area contributed by atoms with E-state index < -0.39 is 0 Å². The largest absolute Gasteiger partial charge is 0.353 e. The molecule has 0 spiro atoms. The van der Waals surface area contributed by atoms with Crippen LogP contribution in [0.25, 0.3) is 0 Å². The first-order chi connectivity index (χ1) is 8.60. The number of carbonyl (C=O) groups excluding carboxylic acids is 1. The summed E-state index contributed by atoms with van der Waals surface area (Å²) in [7, 11) is 0. The molecule has 2 aliphatic heterocycles. The molecule has 4 nitrogen and oxygen atoms in total. The van der Waals surface area contributed by atoms with Crippen molar-refractivity contribution in [2.45, 2.75) is 70.6 Å². The molecule has 2 N–H and O–H groups in total. The molecule has 0 aromatic heterocycles. The fraction of sp³-hybridized carbons (Fsp3) is 0.929. The van der Waals surface area contributed by atoms with Crippen LogP contribution >= 0.6 is 0 Å². The average Bonchev–Trinajstić information content (AvgIpc) is 2.53. The molecule has 2 heterocycles. The van der Waals surface area contributed by atoms with Crippen LogP contribution in [0.15, 0.2) is 0 Å². The Morgan fingerprint density at radius 1 is 1.28 bits per heavy atom. The molecule has 0 aliphatic carbocycles. The van der Waals surface area contributed by atoms with E-state index in [4.69, 9.17) is 0 Å². The highest BCUT2D eigenvalue weighted by atomic mass is 16.2. The Morgan fingerprint density at radius 2 is 1.89 bits per heavy atom. The van der Waals surface area contributed by atoms with Crippen LogP contribution in [0.5, 0.6) is 0 Å². The summed E-state index contributed by atoms with van der Waals surface area (Å²) >= 11 is 0. The first-order valence-electron chi connectivity index (χ1n) is 7.38. The van der Waals surface area contributed by atoms with Crippen LogP contribution in [0.1, 0.15) is 46.5 Å². The molecule has 0 aromatic rings. The van der Waals surface area contributed by atoms with Gasteiger partial charge in [-0.05, 0) is 46.1 Å². The SMILES string of the molecule is CCNC1CC2CCC(C1)N2CC(=O)NC(C)C. The minimum atomic E-state index is 0.184. The summed E-state index contributed by atoms with van der Waals surface area (Å²) in [6.07, 6.45) is 4.95. The van der Waals surface area contributed by atoms with Gasteiger partial charge < -0.3 is 10.6 Å². The molecule has 0 aromatic carbocycles. The van der Waals surface area contributed by atoms with Crippen LogP contribution < -0.4 is 10.6 Å². The Morgan fingerprint density at radius 3 is 2.39 bits per heavy atom. The number of hydrogen-bond acceptors (Lipinski definition) is 3. The summed E-state index contributed by atoms with van der Waals surface area (Å²) in [4.78, 5) is 14.3. The van der Waals surface area contributed by atoms with Crippen LogP contribution in [-0.4, -0.2) is 48.1 Å². The summed E-state index contributed by atoms with van der Waals surface area (Å²) in [6, 6.07) is 2.14. The minimum Gasteiger partial charge on any atom is -0.353 e. The standard InChI is InChI=1S/C14H27N3O/c1-4-15-11-7-12-5-6-13(8-11)17(12)9-14(18)16-10(2)3/h10-13,15H,4-9H2,1-3H3,(H,16,18). The van der Waals surface area contributed by atoms with Gasteiger partial charge in [0.15, 0.2) is 0 Å². The van der Waals surface area contributed by atoms with Gasteiger partial charge in [0.25, 0.3) is 0 Å². The quantitative estimate of drug-likeness (QED) is 0.771.